The highest BCUT2D eigenvalue weighted by Gasteiger charge is 2.30. The fourth-order valence-electron chi connectivity index (χ4n) is 4.46. The van der Waals surface area contributed by atoms with Crippen molar-refractivity contribution in [3.8, 4) is 0 Å². The zero-order valence-electron chi connectivity index (χ0n) is 15.9. The summed E-state index contributed by atoms with van der Waals surface area (Å²) in [6.45, 7) is 2.01. The van der Waals surface area contributed by atoms with E-state index in [9.17, 15) is 9.59 Å². The van der Waals surface area contributed by atoms with E-state index < -0.39 is 0 Å². The normalized spacial score (nSPS) is 23.6. The quantitative estimate of drug-likeness (QED) is 0.655. The Labute approximate surface area is 157 Å². The van der Waals surface area contributed by atoms with Gasteiger partial charge in [-0.2, -0.15) is 0 Å². The van der Waals surface area contributed by atoms with Crippen molar-refractivity contribution in [1.82, 2.24) is 20.9 Å². The first kappa shape index (κ1) is 19.1. The number of rotatable bonds is 5. The van der Waals surface area contributed by atoms with Crippen LogP contribution >= 0.6 is 0 Å². The Morgan fingerprint density at radius 2 is 1.73 bits per heavy atom. The number of nitrogens with zero attached hydrogens (tertiary/aromatic N) is 1. The minimum Gasteiger partial charge on any atom is -0.338 e. The molecule has 0 spiro atoms. The first-order chi connectivity index (χ1) is 12.7. The monoisotopic (exact) mass is 362 g/mol. The minimum absolute atomic E-state index is 0.0227. The average molecular weight is 363 g/mol. The van der Waals surface area contributed by atoms with Crippen LogP contribution in [0.4, 0.5) is 9.59 Å². The fraction of sp³-hybridized carbons (Fsp3) is 0.800. The molecule has 0 aromatic heterocycles. The van der Waals surface area contributed by atoms with Crippen LogP contribution in [0.15, 0.2) is 11.8 Å². The lowest BCUT2D eigenvalue weighted by atomic mass is 9.85. The second-order valence-electron chi connectivity index (χ2n) is 7.87. The third-order valence-corrected chi connectivity index (χ3v) is 5.88. The third-order valence-electron chi connectivity index (χ3n) is 5.88. The number of allylic oxidation sites excluding steroid dienone is 2. The Hall–Kier alpha value is -1.72. The SMILES string of the molecule is O=C(NCCCNC(=O)N1CCCC2CCCC=C21)NC1CCCCC1. The largest absolute Gasteiger partial charge is 0.338 e. The van der Waals surface area contributed by atoms with E-state index in [1.807, 2.05) is 4.90 Å². The number of fused-ring (bicyclic) bond motifs is 1. The van der Waals surface area contributed by atoms with Crippen LogP contribution in [0.3, 0.4) is 0 Å². The van der Waals surface area contributed by atoms with Gasteiger partial charge in [0.05, 0.1) is 0 Å². The molecule has 3 rings (SSSR count). The van der Waals surface area contributed by atoms with Gasteiger partial charge in [-0.1, -0.05) is 25.3 Å². The van der Waals surface area contributed by atoms with Crippen molar-refractivity contribution in [2.45, 2.75) is 76.7 Å². The van der Waals surface area contributed by atoms with Crippen LogP contribution < -0.4 is 16.0 Å². The maximum Gasteiger partial charge on any atom is 0.321 e. The molecule has 1 saturated carbocycles. The topological polar surface area (TPSA) is 73.5 Å². The summed E-state index contributed by atoms with van der Waals surface area (Å²) in [6.07, 6.45) is 14.8. The number of nitrogens with one attached hydrogen (secondary N) is 3. The number of amides is 4. The molecule has 1 heterocycles. The number of likely N-dealkylation sites (tertiary alicyclic amines) is 1. The zero-order chi connectivity index (χ0) is 18.2. The van der Waals surface area contributed by atoms with Gasteiger partial charge in [0.25, 0.3) is 0 Å². The second kappa shape index (κ2) is 9.83. The molecule has 146 valence electrons. The van der Waals surface area contributed by atoms with Crippen molar-refractivity contribution in [3.63, 3.8) is 0 Å². The molecule has 26 heavy (non-hydrogen) atoms. The molecular formula is C20H34N4O2. The smallest absolute Gasteiger partial charge is 0.321 e. The fourth-order valence-corrected chi connectivity index (χ4v) is 4.46. The van der Waals surface area contributed by atoms with Crippen LogP contribution in [-0.4, -0.2) is 42.6 Å². The highest BCUT2D eigenvalue weighted by Crippen LogP contribution is 2.34. The Bertz CT molecular complexity index is 514. The van der Waals surface area contributed by atoms with Crippen LogP contribution in [0.5, 0.6) is 0 Å². The van der Waals surface area contributed by atoms with Gasteiger partial charge in [0.1, 0.15) is 0 Å². The summed E-state index contributed by atoms with van der Waals surface area (Å²) in [7, 11) is 0. The Morgan fingerprint density at radius 3 is 2.58 bits per heavy atom. The molecule has 1 aliphatic heterocycles. The van der Waals surface area contributed by atoms with Gasteiger partial charge in [-0.25, -0.2) is 9.59 Å². The second-order valence-corrected chi connectivity index (χ2v) is 7.87. The molecule has 3 N–H and O–H groups in total. The van der Waals surface area contributed by atoms with Gasteiger partial charge < -0.3 is 16.0 Å². The maximum absolute atomic E-state index is 12.5. The number of urea groups is 2. The van der Waals surface area contributed by atoms with Crippen molar-refractivity contribution < 1.29 is 9.59 Å². The molecule has 0 radical (unpaired) electrons. The predicted molar refractivity (Wildman–Crippen MR) is 103 cm³/mol. The summed E-state index contributed by atoms with van der Waals surface area (Å²) in [4.78, 5) is 26.3. The molecule has 1 saturated heterocycles. The van der Waals surface area contributed by atoms with Crippen LogP contribution in [0.25, 0.3) is 0 Å². The number of carbonyl (C=O) groups is 2. The first-order valence-corrected chi connectivity index (χ1v) is 10.5. The lowest BCUT2D eigenvalue weighted by Crippen LogP contribution is -2.46. The molecule has 0 aromatic carbocycles. The van der Waals surface area contributed by atoms with Crippen molar-refractivity contribution in [1.29, 1.82) is 0 Å². The maximum atomic E-state index is 12.5. The van der Waals surface area contributed by atoms with Crippen LogP contribution in [0.1, 0.15) is 70.6 Å². The average Bonchev–Trinajstić information content (AvgIpc) is 2.68. The van der Waals surface area contributed by atoms with Gasteiger partial charge in [0.15, 0.2) is 0 Å². The lowest BCUT2D eigenvalue weighted by molar-refractivity contribution is 0.187. The van der Waals surface area contributed by atoms with Gasteiger partial charge in [0.2, 0.25) is 0 Å². The van der Waals surface area contributed by atoms with Crippen LogP contribution in [0.2, 0.25) is 0 Å². The molecule has 0 aromatic rings. The van der Waals surface area contributed by atoms with E-state index in [4.69, 9.17) is 0 Å². The van der Waals surface area contributed by atoms with Gasteiger partial charge in [0, 0.05) is 31.4 Å². The van der Waals surface area contributed by atoms with E-state index in [1.165, 1.54) is 44.2 Å². The number of piperidine rings is 1. The van der Waals surface area contributed by atoms with Crippen LogP contribution in [-0.2, 0) is 0 Å². The number of hydrogen-bond donors (Lipinski definition) is 3. The van der Waals surface area contributed by atoms with E-state index >= 15 is 0 Å². The molecular weight excluding hydrogens is 328 g/mol. The van der Waals surface area contributed by atoms with Crippen molar-refractivity contribution in [2.24, 2.45) is 5.92 Å². The Morgan fingerprint density at radius 1 is 0.962 bits per heavy atom. The molecule has 1 unspecified atom stereocenters. The molecule has 2 fully saturated rings. The van der Waals surface area contributed by atoms with Gasteiger partial charge in [-0.15, -0.1) is 0 Å². The predicted octanol–water partition coefficient (Wildman–Crippen LogP) is 3.50. The highest BCUT2D eigenvalue weighted by atomic mass is 16.2. The molecule has 3 aliphatic rings. The minimum atomic E-state index is -0.0746. The molecule has 6 nitrogen and oxygen atoms in total. The molecule has 4 amide bonds. The summed E-state index contributed by atoms with van der Waals surface area (Å²) >= 11 is 0. The van der Waals surface area contributed by atoms with Crippen molar-refractivity contribution >= 4 is 12.1 Å². The van der Waals surface area contributed by atoms with E-state index in [1.54, 1.807) is 0 Å². The summed E-state index contributed by atoms with van der Waals surface area (Å²) in [5.74, 6) is 0.577. The van der Waals surface area contributed by atoms with Crippen LogP contribution in [0, 0.1) is 5.92 Å². The van der Waals surface area contributed by atoms with Gasteiger partial charge in [-0.05, 0) is 57.3 Å². The highest BCUT2D eigenvalue weighted by molar-refractivity contribution is 5.76. The molecule has 1 atom stereocenters. The zero-order valence-corrected chi connectivity index (χ0v) is 15.9. The van der Waals surface area contributed by atoms with Crippen molar-refractivity contribution in [3.05, 3.63) is 11.8 Å². The molecule has 2 aliphatic carbocycles. The third kappa shape index (κ3) is 5.39. The van der Waals surface area contributed by atoms with Crippen molar-refractivity contribution in [2.75, 3.05) is 19.6 Å². The summed E-state index contributed by atoms with van der Waals surface area (Å²) < 4.78 is 0. The summed E-state index contributed by atoms with van der Waals surface area (Å²) in [6, 6.07) is 0.281. The van der Waals surface area contributed by atoms with Gasteiger partial charge in [-0.3, -0.25) is 4.90 Å². The number of hydrogen-bond acceptors (Lipinski definition) is 2. The Balaban J connectivity index is 1.30. The molecule has 0 bridgehead atoms. The summed E-state index contributed by atoms with van der Waals surface area (Å²) in [5, 5.41) is 8.97. The van der Waals surface area contributed by atoms with E-state index in [2.05, 4.69) is 22.0 Å². The van der Waals surface area contributed by atoms with E-state index in [0.29, 0.717) is 25.0 Å². The molecule has 6 heteroatoms. The number of carbonyl (C=O) groups excluding carboxylic acids is 2. The first-order valence-electron chi connectivity index (χ1n) is 10.5. The standard InChI is InChI=1S/C20H34N4O2/c25-19(23-17-10-2-1-3-11-17)21-13-7-14-22-20(26)24-15-6-9-16-8-4-5-12-18(16)24/h12,16-17H,1-11,13-15H2,(H,22,26)(H2,21,23,25). The Kier molecular flexibility index (Phi) is 7.21. The van der Waals surface area contributed by atoms with Gasteiger partial charge >= 0.3 is 12.1 Å². The lowest BCUT2D eigenvalue weighted by Gasteiger charge is -2.37. The van der Waals surface area contributed by atoms with E-state index in [-0.39, 0.29) is 12.1 Å². The summed E-state index contributed by atoms with van der Waals surface area (Å²) in [5.41, 5.74) is 1.24. The van der Waals surface area contributed by atoms with E-state index in [0.717, 1.165) is 38.6 Å².